The lowest BCUT2D eigenvalue weighted by Crippen LogP contribution is -2.34. The fourth-order valence-corrected chi connectivity index (χ4v) is 3.09. The lowest BCUT2D eigenvalue weighted by atomic mass is 10.1. The number of rotatable bonds is 7. The molecule has 1 unspecified atom stereocenters. The number of Topliss-reactive ketones (excluding diaryl/α,β-unsaturated/α-hetero) is 1. The van der Waals surface area contributed by atoms with Gasteiger partial charge in [0, 0.05) is 12.1 Å². The minimum absolute atomic E-state index is 0.146. The van der Waals surface area contributed by atoms with E-state index in [1.54, 1.807) is 48.5 Å². The summed E-state index contributed by atoms with van der Waals surface area (Å²) in [5.41, 5.74) is 1.26. The summed E-state index contributed by atoms with van der Waals surface area (Å²) in [5, 5.41) is 2.56. The normalized spacial score (nSPS) is 13.6. The molecule has 2 aromatic rings. The average Bonchev–Trinajstić information content (AvgIpc) is 2.97. The fourth-order valence-electron chi connectivity index (χ4n) is 3.09. The number of para-hydroxylation sites is 1. The van der Waals surface area contributed by atoms with E-state index in [0.717, 1.165) is 4.90 Å². The molecule has 0 saturated carbocycles. The Morgan fingerprint density at radius 2 is 1.53 bits per heavy atom. The van der Waals surface area contributed by atoms with Crippen LogP contribution in [0, 0.1) is 0 Å². The molecular formula is C22H20N2O6. The molecule has 0 radical (unpaired) electrons. The number of carbonyl (C=O) groups is 5. The number of carbonyl (C=O) groups excluding carboxylic acids is 5. The van der Waals surface area contributed by atoms with E-state index in [9.17, 15) is 24.0 Å². The van der Waals surface area contributed by atoms with Gasteiger partial charge in [0.2, 0.25) is 0 Å². The number of amides is 3. The maximum absolute atomic E-state index is 12.3. The third kappa shape index (κ3) is 4.27. The number of nitrogens with zero attached hydrogens (tertiary/aromatic N) is 1. The number of imide groups is 1. The molecule has 8 nitrogen and oxygen atoms in total. The zero-order valence-electron chi connectivity index (χ0n) is 16.5. The minimum Gasteiger partial charge on any atom is -0.452 e. The van der Waals surface area contributed by atoms with Crippen molar-refractivity contribution in [2.45, 2.75) is 26.4 Å². The zero-order valence-corrected chi connectivity index (χ0v) is 16.5. The fraction of sp³-hybridized carbons (Fsp3) is 0.227. The Kier molecular flexibility index (Phi) is 6.06. The largest absolute Gasteiger partial charge is 0.452 e. The van der Waals surface area contributed by atoms with E-state index in [0.29, 0.717) is 22.4 Å². The number of anilines is 1. The average molecular weight is 408 g/mol. The molecule has 2 aromatic carbocycles. The SMILES string of the molecule is CC(=O)c1ccccc1NC(=O)C(C)OC(=O)CCN1C(=O)c2ccccc2C1=O. The Morgan fingerprint density at radius 3 is 2.13 bits per heavy atom. The van der Waals surface area contributed by atoms with Gasteiger partial charge in [-0.3, -0.25) is 28.9 Å². The molecule has 8 heteroatoms. The first kappa shape index (κ1) is 20.9. The number of esters is 1. The van der Waals surface area contributed by atoms with Crippen molar-refractivity contribution in [1.29, 1.82) is 0 Å². The van der Waals surface area contributed by atoms with Gasteiger partial charge >= 0.3 is 5.97 Å². The Morgan fingerprint density at radius 1 is 0.967 bits per heavy atom. The molecule has 0 saturated heterocycles. The number of benzene rings is 2. The smallest absolute Gasteiger partial charge is 0.308 e. The van der Waals surface area contributed by atoms with Crippen LogP contribution >= 0.6 is 0 Å². The Labute approximate surface area is 172 Å². The predicted molar refractivity (Wildman–Crippen MR) is 107 cm³/mol. The molecular weight excluding hydrogens is 388 g/mol. The van der Waals surface area contributed by atoms with Gasteiger partial charge in [0.25, 0.3) is 17.7 Å². The highest BCUT2D eigenvalue weighted by Gasteiger charge is 2.35. The van der Waals surface area contributed by atoms with E-state index >= 15 is 0 Å². The molecule has 0 fully saturated rings. The molecule has 1 aliphatic rings. The van der Waals surface area contributed by atoms with E-state index < -0.39 is 29.8 Å². The van der Waals surface area contributed by atoms with Crippen LogP contribution in [0.5, 0.6) is 0 Å². The van der Waals surface area contributed by atoms with Crippen molar-refractivity contribution >= 4 is 35.2 Å². The first-order valence-electron chi connectivity index (χ1n) is 9.35. The van der Waals surface area contributed by atoms with Crippen molar-refractivity contribution in [2.75, 3.05) is 11.9 Å². The molecule has 1 heterocycles. The number of hydrogen-bond acceptors (Lipinski definition) is 6. The Hall–Kier alpha value is -3.81. The Bertz CT molecular complexity index is 1010. The van der Waals surface area contributed by atoms with Gasteiger partial charge in [-0.05, 0) is 38.1 Å². The van der Waals surface area contributed by atoms with Gasteiger partial charge in [0.05, 0.1) is 23.2 Å². The van der Waals surface area contributed by atoms with Crippen LogP contribution in [-0.4, -0.2) is 47.0 Å². The second-order valence-corrected chi connectivity index (χ2v) is 6.78. The molecule has 3 rings (SSSR count). The monoisotopic (exact) mass is 408 g/mol. The van der Waals surface area contributed by atoms with Crippen LogP contribution < -0.4 is 5.32 Å². The molecule has 0 spiro atoms. The summed E-state index contributed by atoms with van der Waals surface area (Å²) in [5.74, 6) is -2.46. The number of nitrogens with one attached hydrogen (secondary N) is 1. The highest BCUT2D eigenvalue weighted by atomic mass is 16.5. The molecule has 0 aromatic heterocycles. The van der Waals surface area contributed by atoms with Crippen molar-refractivity contribution < 1.29 is 28.7 Å². The summed E-state index contributed by atoms with van der Waals surface area (Å²) in [7, 11) is 0. The van der Waals surface area contributed by atoms with Crippen LogP contribution in [0.2, 0.25) is 0 Å². The van der Waals surface area contributed by atoms with Gasteiger partial charge < -0.3 is 10.1 Å². The maximum atomic E-state index is 12.3. The first-order chi connectivity index (χ1) is 14.3. The van der Waals surface area contributed by atoms with Gasteiger partial charge in [-0.1, -0.05) is 24.3 Å². The molecule has 1 N–H and O–H groups in total. The van der Waals surface area contributed by atoms with Crippen LogP contribution in [0.25, 0.3) is 0 Å². The first-order valence-corrected chi connectivity index (χ1v) is 9.35. The standard InChI is InChI=1S/C22H20N2O6/c1-13(25)15-7-5-6-10-18(15)23-20(27)14(2)30-19(26)11-12-24-21(28)16-8-3-4-9-17(16)22(24)29/h3-10,14H,11-12H2,1-2H3,(H,23,27). The van der Waals surface area contributed by atoms with E-state index in [1.807, 2.05) is 0 Å². The summed E-state index contributed by atoms with van der Waals surface area (Å²) in [4.78, 5) is 61.7. The summed E-state index contributed by atoms with van der Waals surface area (Å²) < 4.78 is 5.11. The third-order valence-corrected chi connectivity index (χ3v) is 4.66. The van der Waals surface area contributed by atoms with E-state index in [-0.39, 0.29) is 18.7 Å². The molecule has 154 valence electrons. The lowest BCUT2D eigenvalue weighted by molar-refractivity contribution is -0.153. The molecule has 1 aliphatic heterocycles. The number of ketones is 1. The van der Waals surface area contributed by atoms with E-state index in [1.165, 1.54) is 13.8 Å². The van der Waals surface area contributed by atoms with E-state index in [2.05, 4.69) is 5.32 Å². The number of ether oxygens (including phenoxy) is 1. The summed E-state index contributed by atoms with van der Waals surface area (Å²) in [6.07, 6.45) is -1.37. The topological polar surface area (TPSA) is 110 Å². The molecule has 0 bridgehead atoms. The van der Waals surface area contributed by atoms with Crippen molar-refractivity contribution in [3.05, 3.63) is 65.2 Å². The number of fused-ring (bicyclic) bond motifs is 1. The number of hydrogen-bond donors (Lipinski definition) is 1. The van der Waals surface area contributed by atoms with Gasteiger partial charge in [-0.2, -0.15) is 0 Å². The van der Waals surface area contributed by atoms with Crippen LogP contribution in [0.15, 0.2) is 48.5 Å². The zero-order chi connectivity index (χ0) is 21.8. The molecule has 0 aliphatic carbocycles. The lowest BCUT2D eigenvalue weighted by Gasteiger charge is -2.16. The highest BCUT2D eigenvalue weighted by Crippen LogP contribution is 2.22. The summed E-state index contributed by atoms with van der Waals surface area (Å²) in [6, 6.07) is 12.9. The third-order valence-electron chi connectivity index (χ3n) is 4.66. The summed E-state index contributed by atoms with van der Waals surface area (Å²) in [6.45, 7) is 2.63. The van der Waals surface area contributed by atoms with Crippen LogP contribution in [0.1, 0.15) is 51.3 Å². The van der Waals surface area contributed by atoms with Gasteiger partial charge in [-0.15, -0.1) is 0 Å². The second-order valence-electron chi connectivity index (χ2n) is 6.78. The molecule has 3 amide bonds. The summed E-state index contributed by atoms with van der Waals surface area (Å²) >= 11 is 0. The van der Waals surface area contributed by atoms with Crippen molar-refractivity contribution in [3.8, 4) is 0 Å². The molecule has 30 heavy (non-hydrogen) atoms. The maximum Gasteiger partial charge on any atom is 0.308 e. The van der Waals surface area contributed by atoms with Crippen molar-refractivity contribution in [1.82, 2.24) is 4.90 Å². The quantitative estimate of drug-likeness (QED) is 0.428. The van der Waals surface area contributed by atoms with Crippen LogP contribution in [0.4, 0.5) is 5.69 Å². The Balaban J connectivity index is 1.54. The predicted octanol–water partition coefficient (Wildman–Crippen LogP) is 2.45. The highest BCUT2D eigenvalue weighted by molar-refractivity contribution is 6.21. The van der Waals surface area contributed by atoms with Gasteiger partial charge in [-0.25, -0.2) is 0 Å². The van der Waals surface area contributed by atoms with E-state index in [4.69, 9.17) is 4.74 Å². The van der Waals surface area contributed by atoms with Gasteiger partial charge in [0.15, 0.2) is 11.9 Å². The van der Waals surface area contributed by atoms with Crippen molar-refractivity contribution in [3.63, 3.8) is 0 Å². The van der Waals surface area contributed by atoms with Gasteiger partial charge in [0.1, 0.15) is 0 Å². The minimum atomic E-state index is -1.13. The second kappa shape index (κ2) is 8.69. The molecule has 1 atom stereocenters. The van der Waals surface area contributed by atoms with Crippen LogP contribution in [-0.2, 0) is 14.3 Å². The van der Waals surface area contributed by atoms with Crippen molar-refractivity contribution in [2.24, 2.45) is 0 Å². The van der Waals surface area contributed by atoms with Crippen LogP contribution in [0.3, 0.4) is 0 Å².